The molecule has 0 saturated carbocycles. The van der Waals surface area contributed by atoms with Crippen LogP contribution in [0.4, 0.5) is 0 Å². The highest BCUT2D eigenvalue weighted by molar-refractivity contribution is 5.20. The van der Waals surface area contributed by atoms with Gasteiger partial charge in [0.2, 0.25) is 0 Å². The minimum Gasteiger partial charge on any atom is -0.394 e. The summed E-state index contributed by atoms with van der Waals surface area (Å²) in [6.45, 7) is 0.887. The highest BCUT2D eigenvalue weighted by atomic mass is 16.5. The molecule has 1 aliphatic rings. The van der Waals surface area contributed by atoms with Crippen LogP contribution in [0.25, 0.3) is 0 Å². The van der Waals surface area contributed by atoms with Gasteiger partial charge in [0.1, 0.15) is 0 Å². The van der Waals surface area contributed by atoms with Crippen molar-refractivity contribution in [3.05, 3.63) is 35.9 Å². The average molecular weight is 178 g/mol. The Morgan fingerprint density at radius 3 is 2.69 bits per heavy atom. The highest BCUT2D eigenvalue weighted by Crippen LogP contribution is 2.28. The quantitative estimate of drug-likeness (QED) is 0.744. The van der Waals surface area contributed by atoms with Gasteiger partial charge < -0.3 is 9.84 Å². The first-order valence-corrected chi connectivity index (χ1v) is 4.67. The fourth-order valence-electron chi connectivity index (χ4n) is 1.79. The van der Waals surface area contributed by atoms with Crippen molar-refractivity contribution in [3.8, 4) is 0 Å². The molecule has 2 heteroatoms. The maximum absolute atomic E-state index is 8.91. The van der Waals surface area contributed by atoms with Crippen LogP contribution in [0.5, 0.6) is 0 Å². The molecule has 0 unspecified atom stereocenters. The Balaban J connectivity index is 2.04. The molecule has 1 aliphatic heterocycles. The van der Waals surface area contributed by atoms with E-state index in [0.29, 0.717) is 5.92 Å². The molecule has 1 fully saturated rings. The Labute approximate surface area is 78.2 Å². The van der Waals surface area contributed by atoms with E-state index in [0.717, 1.165) is 13.0 Å². The summed E-state index contributed by atoms with van der Waals surface area (Å²) in [5.41, 5.74) is 1.32. The Hall–Kier alpha value is -0.860. The molecule has 0 spiro atoms. The van der Waals surface area contributed by atoms with Crippen molar-refractivity contribution < 1.29 is 9.84 Å². The van der Waals surface area contributed by atoms with Gasteiger partial charge in [-0.3, -0.25) is 0 Å². The lowest BCUT2D eigenvalue weighted by atomic mass is 9.97. The first-order valence-electron chi connectivity index (χ1n) is 4.67. The predicted molar refractivity (Wildman–Crippen MR) is 50.6 cm³/mol. The Kier molecular flexibility index (Phi) is 2.62. The van der Waals surface area contributed by atoms with E-state index in [1.54, 1.807) is 0 Å². The zero-order valence-corrected chi connectivity index (χ0v) is 7.52. The Morgan fingerprint density at radius 1 is 1.31 bits per heavy atom. The van der Waals surface area contributed by atoms with E-state index < -0.39 is 0 Å². The maximum atomic E-state index is 8.91. The number of aliphatic hydroxyl groups is 1. The molecule has 70 valence electrons. The van der Waals surface area contributed by atoms with Crippen LogP contribution in [0.3, 0.4) is 0 Å². The summed E-state index contributed by atoms with van der Waals surface area (Å²) >= 11 is 0. The molecule has 0 radical (unpaired) electrons. The van der Waals surface area contributed by atoms with Gasteiger partial charge in [-0.1, -0.05) is 30.3 Å². The SMILES string of the molecule is OC[C@@H]1C[C@@H](c2ccccc2)CO1. The molecule has 0 amide bonds. The van der Waals surface area contributed by atoms with E-state index in [-0.39, 0.29) is 12.7 Å². The van der Waals surface area contributed by atoms with E-state index in [9.17, 15) is 0 Å². The number of benzene rings is 1. The smallest absolute Gasteiger partial charge is 0.0812 e. The molecule has 1 aromatic carbocycles. The minimum absolute atomic E-state index is 0.0465. The van der Waals surface area contributed by atoms with Crippen molar-refractivity contribution >= 4 is 0 Å². The molecular formula is C11H14O2. The van der Waals surface area contributed by atoms with Crippen LogP contribution in [0.15, 0.2) is 30.3 Å². The summed E-state index contributed by atoms with van der Waals surface area (Å²) in [4.78, 5) is 0. The standard InChI is InChI=1S/C11H14O2/c12-7-11-6-10(8-13-11)9-4-2-1-3-5-9/h1-5,10-12H,6-8H2/t10-,11+/m1/s1. The lowest BCUT2D eigenvalue weighted by Gasteiger charge is -2.06. The topological polar surface area (TPSA) is 29.5 Å². The van der Waals surface area contributed by atoms with E-state index in [1.165, 1.54) is 5.56 Å². The molecule has 2 rings (SSSR count). The van der Waals surface area contributed by atoms with Crippen LogP contribution in [0.2, 0.25) is 0 Å². The molecule has 0 aromatic heterocycles. The summed E-state index contributed by atoms with van der Waals surface area (Å²) < 4.78 is 5.42. The van der Waals surface area contributed by atoms with Crippen LogP contribution in [0.1, 0.15) is 17.9 Å². The summed E-state index contributed by atoms with van der Waals surface area (Å²) in [6, 6.07) is 10.3. The van der Waals surface area contributed by atoms with Gasteiger partial charge in [0.25, 0.3) is 0 Å². The van der Waals surface area contributed by atoms with Gasteiger partial charge in [-0.2, -0.15) is 0 Å². The van der Waals surface area contributed by atoms with E-state index in [1.807, 2.05) is 18.2 Å². The van der Waals surface area contributed by atoms with Crippen molar-refractivity contribution in [2.45, 2.75) is 18.4 Å². The van der Waals surface area contributed by atoms with Crippen molar-refractivity contribution in [1.29, 1.82) is 0 Å². The predicted octanol–water partition coefficient (Wildman–Crippen LogP) is 1.55. The number of aliphatic hydroxyl groups excluding tert-OH is 1. The summed E-state index contributed by atoms with van der Waals surface area (Å²) in [5.74, 6) is 0.471. The normalized spacial score (nSPS) is 27.8. The number of hydrogen-bond donors (Lipinski definition) is 1. The zero-order valence-electron chi connectivity index (χ0n) is 7.52. The van der Waals surface area contributed by atoms with Gasteiger partial charge in [-0.15, -0.1) is 0 Å². The number of rotatable bonds is 2. The lowest BCUT2D eigenvalue weighted by molar-refractivity contribution is 0.0585. The fraction of sp³-hybridized carbons (Fsp3) is 0.455. The largest absolute Gasteiger partial charge is 0.394 e. The third-order valence-electron chi connectivity index (χ3n) is 2.56. The van der Waals surface area contributed by atoms with E-state index >= 15 is 0 Å². The van der Waals surface area contributed by atoms with Crippen molar-refractivity contribution in [2.75, 3.05) is 13.2 Å². The average Bonchev–Trinajstić information content (AvgIpc) is 2.67. The Morgan fingerprint density at radius 2 is 2.08 bits per heavy atom. The number of ether oxygens (including phenoxy) is 1. The van der Waals surface area contributed by atoms with Gasteiger partial charge in [0.15, 0.2) is 0 Å². The zero-order chi connectivity index (χ0) is 9.10. The molecule has 1 heterocycles. The first kappa shape index (κ1) is 8.73. The molecule has 2 atom stereocenters. The van der Waals surface area contributed by atoms with Crippen LogP contribution < -0.4 is 0 Å². The van der Waals surface area contributed by atoms with Crippen LogP contribution >= 0.6 is 0 Å². The second kappa shape index (κ2) is 3.90. The minimum atomic E-state index is 0.0465. The molecule has 1 N–H and O–H groups in total. The first-order chi connectivity index (χ1) is 6.40. The van der Waals surface area contributed by atoms with E-state index in [4.69, 9.17) is 9.84 Å². The molecule has 0 aliphatic carbocycles. The molecular weight excluding hydrogens is 164 g/mol. The van der Waals surface area contributed by atoms with Crippen LogP contribution in [-0.2, 0) is 4.74 Å². The molecule has 1 aromatic rings. The van der Waals surface area contributed by atoms with Gasteiger partial charge >= 0.3 is 0 Å². The monoisotopic (exact) mass is 178 g/mol. The van der Waals surface area contributed by atoms with Gasteiger partial charge in [-0.25, -0.2) is 0 Å². The third kappa shape index (κ3) is 1.90. The second-order valence-corrected chi connectivity index (χ2v) is 3.48. The van der Waals surface area contributed by atoms with Crippen LogP contribution in [0, 0.1) is 0 Å². The number of hydrogen-bond acceptors (Lipinski definition) is 2. The maximum Gasteiger partial charge on any atom is 0.0812 e. The van der Waals surface area contributed by atoms with Gasteiger partial charge in [-0.05, 0) is 12.0 Å². The molecule has 1 saturated heterocycles. The van der Waals surface area contributed by atoms with Gasteiger partial charge in [0.05, 0.1) is 19.3 Å². The van der Waals surface area contributed by atoms with Crippen molar-refractivity contribution in [1.82, 2.24) is 0 Å². The Bertz CT molecular complexity index is 258. The molecule has 2 nitrogen and oxygen atoms in total. The van der Waals surface area contributed by atoms with Crippen molar-refractivity contribution in [3.63, 3.8) is 0 Å². The van der Waals surface area contributed by atoms with Gasteiger partial charge in [0, 0.05) is 5.92 Å². The lowest BCUT2D eigenvalue weighted by Crippen LogP contribution is -2.09. The van der Waals surface area contributed by atoms with Crippen molar-refractivity contribution in [2.24, 2.45) is 0 Å². The third-order valence-corrected chi connectivity index (χ3v) is 2.56. The summed E-state index contributed by atoms with van der Waals surface area (Å²) in [6.07, 6.45) is 0.991. The molecule has 0 bridgehead atoms. The van der Waals surface area contributed by atoms with E-state index in [2.05, 4.69) is 12.1 Å². The van der Waals surface area contributed by atoms with Crippen LogP contribution in [-0.4, -0.2) is 24.4 Å². The summed E-state index contributed by atoms with van der Waals surface area (Å²) in [7, 11) is 0. The summed E-state index contributed by atoms with van der Waals surface area (Å²) in [5, 5.41) is 8.91. The fourth-order valence-corrected chi connectivity index (χ4v) is 1.79. The second-order valence-electron chi connectivity index (χ2n) is 3.48. The molecule has 13 heavy (non-hydrogen) atoms. The highest BCUT2D eigenvalue weighted by Gasteiger charge is 2.25.